The van der Waals surface area contributed by atoms with Crippen LogP contribution in [0.4, 0.5) is 11.5 Å². The van der Waals surface area contributed by atoms with E-state index in [1.807, 2.05) is 0 Å². The van der Waals surface area contributed by atoms with E-state index in [0.717, 1.165) is 50.5 Å². The number of nitrogens with zero attached hydrogens (tertiary/aromatic N) is 5. The Morgan fingerprint density at radius 2 is 2.00 bits per heavy atom. The van der Waals surface area contributed by atoms with Gasteiger partial charge in [0.2, 0.25) is 0 Å². The van der Waals surface area contributed by atoms with Crippen LogP contribution in [0.15, 0.2) is 36.9 Å². The minimum atomic E-state index is 0.334. The predicted molar refractivity (Wildman–Crippen MR) is 109 cm³/mol. The van der Waals surface area contributed by atoms with Gasteiger partial charge in [-0.1, -0.05) is 12.1 Å². The van der Waals surface area contributed by atoms with E-state index in [4.69, 9.17) is 0 Å². The van der Waals surface area contributed by atoms with Crippen LogP contribution in [-0.4, -0.2) is 63.6 Å². The van der Waals surface area contributed by atoms with Crippen molar-refractivity contribution in [2.75, 3.05) is 42.9 Å². The minimum Gasteiger partial charge on any atom is -0.369 e. The summed E-state index contributed by atoms with van der Waals surface area (Å²) in [7, 11) is 0. The summed E-state index contributed by atoms with van der Waals surface area (Å²) in [5.41, 5.74) is 4.24. The fourth-order valence-electron chi connectivity index (χ4n) is 3.61. The lowest BCUT2D eigenvalue weighted by atomic mass is 10.1. The van der Waals surface area contributed by atoms with Gasteiger partial charge in [-0.3, -0.25) is 4.90 Å². The molecule has 0 bridgehead atoms. The Balaban J connectivity index is 1.25. The second-order valence-corrected chi connectivity index (χ2v) is 7.33. The van der Waals surface area contributed by atoms with Crippen molar-refractivity contribution in [3.8, 4) is 0 Å². The lowest BCUT2D eigenvalue weighted by Gasteiger charge is -2.36. The highest BCUT2D eigenvalue weighted by molar-refractivity contribution is 5.81. The molecule has 142 valence electrons. The summed E-state index contributed by atoms with van der Waals surface area (Å²) in [5.74, 6) is 0.828. The zero-order chi connectivity index (χ0) is 18.6. The van der Waals surface area contributed by atoms with E-state index in [9.17, 15) is 0 Å². The van der Waals surface area contributed by atoms with E-state index in [-0.39, 0.29) is 0 Å². The molecule has 2 aromatic heterocycles. The van der Waals surface area contributed by atoms with E-state index in [2.05, 4.69) is 73.2 Å². The minimum absolute atomic E-state index is 0.334. The standard InChI is InChI=1S/C20H27N7/c1-15-4-3-5-17(12-15)27-10-8-26(9-11-27)7-6-16(2)25-20-18-19(22-13-21-18)23-14-24-20/h3-5,12-14,16H,6-11H2,1-2H3,(H2,21,22,23,24,25). The first-order valence-electron chi connectivity index (χ1n) is 9.63. The SMILES string of the molecule is Cc1cccc(N2CCN(CCC(C)Nc3ncnc4nc[nH]c34)CC2)c1. The molecule has 0 saturated carbocycles. The van der Waals surface area contributed by atoms with E-state index >= 15 is 0 Å². The van der Waals surface area contributed by atoms with Crippen LogP contribution in [0.5, 0.6) is 0 Å². The van der Waals surface area contributed by atoms with E-state index in [1.165, 1.54) is 11.3 Å². The molecule has 3 heterocycles. The molecule has 4 rings (SSSR count). The third kappa shape index (κ3) is 4.19. The number of fused-ring (bicyclic) bond motifs is 1. The molecule has 1 aliphatic heterocycles. The normalized spacial score (nSPS) is 16.6. The van der Waals surface area contributed by atoms with Gasteiger partial charge >= 0.3 is 0 Å². The highest BCUT2D eigenvalue weighted by Crippen LogP contribution is 2.19. The first-order valence-corrected chi connectivity index (χ1v) is 9.63. The lowest BCUT2D eigenvalue weighted by molar-refractivity contribution is 0.251. The molecular weight excluding hydrogens is 338 g/mol. The Bertz CT molecular complexity index is 883. The quantitative estimate of drug-likeness (QED) is 0.700. The van der Waals surface area contributed by atoms with Gasteiger partial charge in [-0.2, -0.15) is 0 Å². The van der Waals surface area contributed by atoms with Crippen LogP contribution < -0.4 is 10.2 Å². The Morgan fingerprint density at radius 1 is 1.15 bits per heavy atom. The van der Waals surface area contributed by atoms with Crippen LogP contribution in [0.3, 0.4) is 0 Å². The zero-order valence-electron chi connectivity index (χ0n) is 16.0. The highest BCUT2D eigenvalue weighted by Gasteiger charge is 2.18. The van der Waals surface area contributed by atoms with Crippen molar-refractivity contribution in [3.63, 3.8) is 0 Å². The van der Waals surface area contributed by atoms with Gasteiger partial charge in [0.15, 0.2) is 11.5 Å². The Morgan fingerprint density at radius 3 is 2.81 bits per heavy atom. The number of benzene rings is 1. The van der Waals surface area contributed by atoms with Crippen molar-refractivity contribution >= 4 is 22.7 Å². The molecule has 1 atom stereocenters. The molecule has 7 nitrogen and oxygen atoms in total. The van der Waals surface area contributed by atoms with Crippen molar-refractivity contribution in [2.24, 2.45) is 0 Å². The van der Waals surface area contributed by atoms with Crippen LogP contribution in [-0.2, 0) is 0 Å². The molecule has 1 aliphatic rings. The average Bonchev–Trinajstić information content (AvgIpc) is 3.17. The fraction of sp³-hybridized carbons (Fsp3) is 0.450. The second-order valence-electron chi connectivity index (χ2n) is 7.33. The maximum Gasteiger partial charge on any atom is 0.182 e. The van der Waals surface area contributed by atoms with Crippen molar-refractivity contribution in [1.29, 1.82) is 0 Å². The largest absolute Gasteiger partial charge is 0.369 e. The number of rotatable bonds is 6. The van der Waals surface area contributed by atoms with E-state index in [0.29, 0.717) is 11.7 Å². The molecule has 1 saturated heterocycles. The summed E-state index contributed by atoms with van der Waals surface area (Å²) in [6.07, 6.45) is 4.29. The fourth-order valence-corrected chi connectivity index (χ4v) is 3.61. The van der Waals surface area contributed by atoms with Crippen LogP contribution in [0.25, 0.3) is 11.2 Å². The van der Waals surface area contributed by atoms with Crippen molar-refractivity contribution in [1.82, 2.24) is 24.8 Å². The maximum absolute atomic E-state index is 4.35. The summed E-state index contributed by atoms with van der Waals surface area (Å²) in [5, 5.41) is 3.49. The van der Waals surface area contributed by atoms with Gasteiger partial charge in [0.25, 0.3) is 0 Å². The molecule has 1 aromatic carbocycles. The van der Waals surface area contributed by atoms with Crippen molar-refractivity contribution < 1.29 is 0 Å². The molecule has 1 unspecified atom stereocenters. The lowest BCUT2D eigenvalue weighted by Crippen LogP contribution is -2.47. The number of hydrogen-bond acceptors (Lipinski definition) is 6. The number of aryl methyl sites for hydroxylation is 1. The Kier molecular flexibility index (Phi) is 5.20. The maximum atomic E-state index is 4.35. The summed E-state index contributed by atoms with van der Waals surface area (Å²) in [6.45, 7) is 9.85. The molecule has 0 spiro atoms. The monoisotopic (exact) mass is 365 g/mol. The molecule has 0 amide bonds. The first-order chi connectivity index (χ1) is 13.2. The van der Waals surface area contributed by atoms with Crippen LogP contribution in [0, 0.1) is 6.92 Å². The van der Waals surface area contributed by atoms with Crippen molar-refractivity contribution in [3.05, 3.63) is 42.5 Å². The topological polar surface area (TPSA) is 73.0 Å². The van der Waals surface area contributed by atoms with Gasteiger partial charge in [0.05, 0.1) is 6.33 Å². The van der Waals surface area contributed by atoms with Gasteiger partial charge in [-0.15, -0.1) is 0 Å². The van der Waals surface area contributed by atoms with Crippen LogP contribution >= 0.6 is 0 Å². The third-order valence-electron chi connectivity index (χ3n) is 5.22. The van der Waals surface area contributed by atoms with Crippen LogP contribution in [0.1, 0.15) is 18.9 Å². The van der Waals surface area contributed by atoms with Crippen LogP contribution in [0.2, 0.25) is 0 Å². The molecule has 1 fully saturated rings. The van der Waals surface area contributed by atoms with Gasteiger partial charge in [-0.25, -0.2) is 15.0 Å². The first kappa shape index (κ1) is 17.7. The number of imidazole rings is 1. The van der Waals surface area contributed by atoms with Gasteiger partial charge in [0, 0.05) is 44.5 Å². The summed E-state index contributed by atoms with van der Waals surface area (Å²) < 4.78 is 0. The van der Waals surface area contributed by atoms with Gasteiger partial charge in [-0.05, 0) is 38.0 Å². The Labute approximate surface area is 159 Å². The number of nitrogens with one attached hydrogen (secondary N) is 2. The number of H-pyrrole nitrogens is 1. The number of hydrogen-bond donors (Lipinski definition) is 2. The summed E-state index contributed by atoms with van der Waals surface area (Å²) in [4.78, 5) is 20.8. The number of piperazine rings is 1. The number of anilines is 2. The van der Waals surface area contributed by atoms with Gasteiger partial charge < -0.3 is 15.2 Å². The van der Waals surface area contributed by atoms with E-state index in [1.54, 1.807) is 12.7 Å². The van der Waals surface area contributed by atoms with E-state index < -0.39 is 0 Å². The third-order valence-corrected chi connectivity index (χ3v) is 5.22. The smallest absolute Gasteiger partial charge is 0.182 e. The summed E-state index contributed by atoms with van der Waals surface area (Å²) >= 11 is 0. The second kappa shape index (κ2) is 7.92. The number of aromatic nitrogens is 4. The van der Waals surface area contributed by atoms with Gasteiger partial charge in [0.1, 0.15) is 11.8 Å². The average molecular weight is 365 g/mol. The number of aromatic amines is 1. The zero-order valence-corrected chi connectivity index (χ0v) is 16.0. The molecule has 2 N–H and O–H groups in total. The molecule has 0 aliphatic carbocycles. The highest BCUT2D eigenvalue weighted by atomic mass is 15.3. The summed E-state index contributed by atoms with van der Waals surface area (Å²) in [6, 6.07) is 9.13. The molecule has 27 heavy (non-hydrogen) atoms. The molecule has 0 radical (unpaired) electrons. The molecule has 3 aromatic rings. The Hall–Kier alpha value is -2.67. The molecular formula is C20H27N7. The molecule has 7 heteroatoms. The van der Waals surface area contributed by atoms with Crippen molar-refractivity contribution in [2.45, 2.75) is 26.3 Å². The predicted octanol–water partition coefficient (Wildman–Crippen LogP) is 2.67.